The lowest BCUT2D eigenvalue weighted by Crippen LogP contribution is -2.43. The molecular formula is C23H28N6O4S. The van der Waals surface area contributed by atoms with E-state index in [2.05, 4.69) is 20.6 Å². The van der Waals surface area contributed by atoms with Crippen molar-refractivity contribution >= 4 is 38.6 Å². The van der Waals surface area contributed by atoms with E-state index in [4.69, 9.17) is 4.74 Å². The van der Waals surface area contributed by atoms with Gasteiger partial charge in [0.2, 0.25) is 11.8 Å². The van der Waals surface area contributed by atoms with Crippen molar-refractivity contribution in [3.8, 4) is 5.75 Å². The summed E-state index contributed by atoms with van der Waals surface area (Å²) in [6.07, 6.45) is 3.07. The summed E-state index contributed by atoms with van der Waals surface area (Å²) in [6.45, 7) is 4.06. The number of rotatable bonds is 8. The third-order valence-electron chi connectivity index (χ3n) is 5.75. The number of fused-ring (bicyclic) bond motifs is 1. The van der Waals surface area contributed by atoms with Gasteiger partial charge in [-0.25, -0.2) is 4.98 Å². The van der Waals surface area contributed by atoms with E-state index < -0.39 is 0 Å². The van der Waals surface area contributed by atoms with Crippen molar-refractivity contribution < 1.29 is 14.3 Å². The zero-order valence-electron chi connectivity index (χ0n) is 19.2. The van der Waals surface area contributed by atoms with Gasteiger partial charge in [0.1, 0.15) is 23.3 Å². The number of hydrogen-bond acceptors (Lipinski definition) is 8. The van der Waals surface area contributed by atoms with Crippen LogP contribution in [0.5, 0.6) is 5.75 Å². The quantitative estimate of drug-likeness (QED) is 0.498. The molecule has 2 aromatic heterocycles. The monoisotopic (exact) mass is 484 g/mol. The molecule has 1 aliphatic rings. The molecular weight excluding hydrogens is 456 g/mol. The first-order valence-electron chi connectivity index (χ1n) is 11.3. The van der Waals surface area contributed by atoms with Gasteiger partial charge >= 0.3 is 0 Å². The molecule has 10 nitrogen and oxygen atoms in total. The summed E-state index contributed by atoms with van der Waals surface area (Å²) in [5.74, 6) is 0.410. The fraction of sp³-hybridized carbons (Fsp3) is 0.435. The van der Waals surface area contributed by atoms with Crippen LogP contribution in [0.4, 0.5) is 5.13 Å². The Kier molecular flexibility index (Phi) is 7.41. The van der Waals surface area contributed by atoms with Crippen molar-refractivity contribution in [1.29, 1.82) is 0 Å². The molecule has 180 valence electrons. The number of nitrogens with one attached hydrogen (secondary N) is 2. The number of methoxy groups -OCH3 is 1. The largest absolute Gasteiger partial charge is 0.497 e. The number of hydrogen-bond donors (Lipinski definition) is 2. The van der Waals surface area contributed by atoms with E-state index in [0.717, 1.165) is 30.7 Å². The molecule has 2 amide bonds. The minimum Gasteiger partial charge on any atom is -0.497 e. The Morgan fingerprint density at radius 3 is 2.76 bits per heavy atom. The highest BCUT2D eigenvalue weighted by atomic mass is 32.1. The molecule has 0 saturated carbocycles. The van der Waals surface area contributed by atoms with Gasteiger partial charge in [0.15, 0.2) is 10.8 Å². The van der Waals surface area contributed by atoms with Crippen molar-refractivity contribution in [3.05, 3.63) is 46.5 Å². The third-order valence-corrected chi connectivity index (χ3v) is 6.84. The van der Waals surface area contributed by atoms with Crippen molar-refractivity contribution in [3.63, 3.8) is 0 Å². The number of ether oxygens (including phenoxy) is 1. The molecule has 1 fully saturated rings. The zero-order chi connectivity index (χ0) is 24.1. The molecule has 3 heterocycles. The van der Waals surface area contributed by atoms with E-state index in [-0.39, 0.29) is 29.8 Å². The SMILES string of the molecule is CCNC(=O)C1CCCN(c2nc3ncn(CC(=O)NCc4ccc(OC)cc4)c(=O)c3s2)C1. The Morgan fingerprint density at radius 1 is 1.24 bits per heavy atom. The predicted octanol–water partition coefficient (Wildman–Crippen LogP) is 1.53. The minimum atomic E-state index is -0.300. The Labute approximate surface area is 201 Å². The molecule has 11 heteroatoms. The number of benzene rings is 1. The molecule has 0 aliphatic carbocycles. The Bertz CT molecular complexity index is 1220. The van der Waals surface area contributed by atoms with Crippen molar-refractivity contribution in [2.75, 3.05) is 31.6 Å². The fourth-order valence-electron chi connectivity index (χ4n) is 3.92. The smallest absolute Gasteiger partial charge is 0.273 e. The molecule has 0 bridgehead atoms. The Morgan fingerprint density at radius 2 is 2.03 bits per heavy atom. The molecule has 1 aliphatic heterocycles. The number of aromatic nitrogens is 3. The summed E-state index contributed by atoms with van der Waals surface area (Å²) in [7, 11) is 1.60. The average Bonchev–Trinajstić information content (AvgIpc) is 3.30. The lowest BCUT2D eigenvalue weighted by Gasteiger charge is -2.31. The lowest BCUT2D eigenvalue weighted by atomic mass is 9.97. The summed E-state index contributed by atoms with van der Waals surface area (Å²) in [5.41, 5.74) is 0.986. The van der Waals surface area contributed by atoms with E-state index in [0.29, 0.717) is 35.1 Å². The number of nitrogens with zero attached hydrogens (tertiary/aromatic N) is 4. The van der Waals surface area contributed by atoms with Crippen LogP contribution in [0.2, 0.25) is 0 Å². The number of anilines is 1. The van der Waals surface area contributed by atoms with Gasteiger partial charge in [0.05, 0.1) is 13.0 Å². The van der Waals surface area contributed by atoms with Crippen LogP contribution in [0.15, 0.2) is 35.4 Å². The third kappa shape index (κ3) is 5.36. The van der Waals surface area contributed by atoms with Crippen LogP contribution in [-0.2, 0) is 22.7 Å². The van der Waals surface area contributed by atoms with Crippen LogP contribution in [0, 0.1) is 5.92 Å². The van der Waals surface area contributed by atoms with Gasteiger partial charge in [-0.1, -0.05) is 23.5 Å². The predicted molar refractivity (Wildman–Crippen MR) is 130 cm³/mol. The maximum atomic E-state index is 13.0. The van der Waals surface area contributed by atoms with Crippen LogP contribution in [-0.4, -0.2) is 53.1 Å². The topological polar surface area (TPSA) is 118 Å². The molecule has 2 N–H and O–H groups in total. The van der Waals surface area contributed by atoms with Crippen molar-refractivity contribution in [2.45, 2.75) is 32.9 Å². The zero-order valence-corrected chi connectivity index (χ0v) is 20.1. The van der Waals surface area contributed by atoms with Crippen LogP contribution in [0.3, 0.4) is 0 Å². The second-order valence-electron chi connectivity index (χ2n) is 8.13. The molecule has 1 atom stereocenters. The van der Waals surface area contributed by atoms with Crippen molar-refractivity contribution in [2.24, 2.45) is 5.92 Å². The number of carbonyl (C=O) groups excluding carboxylic acids is 2. The second kappa shape index (κ2) is 10.6. The summed E-state index contributed by atoms with van der Waals surface area (Å²) >= 11 is 1.26. The molecule has 4 rings (SSSR count). The molecule has 1 saturated heterocycles. The maximum absolute atomic E-state index is 13.0. The average molecular weight is 485 g/mol. The Balaban J connectivity index is 1.42. The normalized spacial score (nSPS) is 15.8. The van der Waals surface area contributed by atoms with E-state index in [1.807, 2.05) is 36.1 Å². The van der Waals surface area contributed by atoms with Gasteiger partial charge in [-0.05, 0) is 37.5 Å². The highest BCUT2D eigenvalue weighted by Crippen LogP contribution is 2.29. The standard InChI is InChI=1S/C23H28N6O4S/c1-3-24-21(31)16-5-4-10-28(12-16)23-27-20-19(34-23)22(32)29(14-26-20)13-18(30)25-11-15-6-8-17(33-2)9-7-15/h6-9,14,16H,3-5,10-13H2,1-2H3,(H,24,31)(H,25,30). The van der Waals surface area contributed by atoms with Crippen LogP contribution < -0.4 is 25.8 Å². The van der Waals surface area contributed by atoms with Crippen LogP contribution in [0.1, 0.15) is 25.3 Å². The Hall–Kier alpha value is -3.47. The van der Waals surface area contributed by atoms with Gasteiger partial charge in [0, 0.05) is 26.2 Å². The summed E-state index contributed by atoms with van der Waals surface area (Å²) in [5, 5.41) is 6.38. The van der Waals surface area contributed by atoms with Crippen LogP contribution >= 0.6 is 11.3 Å². The summed E-state index contributed by atoms with van der Waals surface area (Å²) in [4.78, 5) is 48.5. The molecule has 3 aromatic rings. The van der Waals surface area contributed by atoms with E-state index >= 15 is 0 Å². The highest BCUT2D eigenvalue weighted by molar-refractivity contribution is 7.22. The van der Waals surface area contributed by atoms with Crippen molar-refractivity contribution in [1.82, 2.24) is 25.2 Å². The van der Waals surface area contributed by atoms with Gasteiger partial charge in [-0.15, -0.1) is 0 Å². The second-order valence-corrected chi connectivity index (χ2v) is 9.11. The molecule has 1 aromatic carbocycles. The number of amides is 2. The maximum Gasteiger partial charge on any atom is 0.273 e. The molecule has 34 heavy (non-hydrogen) atoms. The minimum absolute atomic E-state index is 0.0504. The first kappa shape index (κ1) is 23.7. The number of piperidine rings is 1. The first-order valence-corrected chi connectivity index (χ1v) is 12.1. The molecule has 0 spiro atoms. The molecule has 0 radical (unpaired) electrons. The van der Waals surface area contributed by atoms with Gasteiger partial charge < -0.3 is 20.3 Å². The van der Waals surface area contributed by atoms with E-state index in [1.165, 1.54) is 22.2 Å². The highest BCUT2D eigenvalue weighted by Gasteiger charge is 2.27. The number of thiazole rings is 1. The molecule has 1 unspecified atom stereocenters. The van der Waals surface area contributed by atoms with Gasteiger partial charge in [-0.2, -0.15) is 4.98 Å². The van der Waals surface area contributed by atoms with E-state index in [9.17, 15) is 14.4 Å². The summed E-state index contributed by atoms with van der Waals surface area (Å²) < 4.78 is 6.83. The van der Waals surface area contributed by atoms with Crippen LogP contribution in [0.25, 0.3) is 10.3 Å². The first-order chi connectivity index (χ1) is 16.5. The fourth-order valence-corrected chi connectivity index (χ4v) is 4.92. The summed E-state index contributed by atoms with van der Waals surface area (Å²) in [6, 6.07) is 7.39. The van der Waals surface area contributed by atoms with Gasteiger partial charge in [-0.3, -0.25) is 19.0 Å². The van der Waals surface area contributed by atoms with Gasteiger partial charge in [0.25, 0.3) is 5.56 Å². The number of carbonyl (C=O) groups is 2. The lowest BCUT2D eigenvalue weighted by molar-refractivity contribution is -0.125. The van der Waals surface area contributed by atoms with E-state index in [1.54, 1.807) is 7.11 Å².